The summed E-state index contributed by atoms with van der Waals surface area (Å²) in [5.41, 5.74) is 0. The van der Waals surface area contributed by atoms with Crippen molar-refractivity contribution in [3.05, 3.63) is 48.6 Å². The van der Waals surface area contributed by atoms with Crippen LogP contribution < -0.4 is 5.32 Å². The minimum atomic E-state index is -0.662. The number of unbranched alkanes of at least 4 members (excludes halogenated alkanes) is 45. The van der Waals surface area contributed by atoms with Gasteiger partial charge in [-0.15, -0.1) is 0 Å². The monoisotopic (exact) mass is 1080 g/mol. The van der Waals surface area contributed by atoms with Crippen LogP contribution in [0.3, 0.4) is 0 Å². The molecule has 3 N–H and O–H groups in total. The van der Waals surface area contributed by atoms with Gasteiger partial charge in [-0.1, -0.05) is 313 Å². The van der Waals surface area contributed by atoms with E-state index in [2.05, 4.69) is 67.8 Å². The van der Waals surface area contributed by atoms with Crippen LogP contribution >= 0.6 is 0 Å². The van der Waals surface area contributed by atoms with Crippen LogP contribution in [0.4, 0.5) is 0 Å². The maximum atomic E-state index is 12.5. The molecule has 2 atom stereocenters. The first-order valence-corrected chi connectivity index (χ1v) is 34.4. The molecule has 0 saturated carbocycles. The van der Waals surface area contributed by atoms with Gasteiger partial charge in [-0.05, 0) is 89.9 Å². The van der Waals surface area contributed by atoms with Gasteiger partial charge in [-0.25, -0.2) is 0 Å². The number of rotatable bonds is 64. The predicted molar refractivity (Wildman–Crippen MR) is 338 cm³/mol. The van der Waals surface area contributed by atoms with E-state index in [4.69, 9.17) is 4.74 Å². The summed E-state index contributed by atoms with van der Waals surface area (Å²) in [5.74, 6) is -0.0325. The average Bonchev–Trinajstić information content (AvgIpc) is 3.43. The number of carbonyl (C=O) groups excluding carboxylic acids is 2. The zero-order valence-electron chi connectivity index (χ0n) is 51.7. The molecule has 1 amide bonds. The van der Waals surface area contributed by atoms with Crippen molar-refractivity contribution in [1.82, 2.24) is 5.32 Å². The Bertz CT molecular complexity index is 1290. The molecule has 0 aromatic carbocycles. The largest absolute Gasteiger partial charge is 0.466 e. The molecule has 0 bridgehead atoms. The van der Waals surface area contributed by atoms with Crippen molar-refractivity contribution in [3.8, 4) is 0 Å². The lowest BCUT2D eigenvalue weighted by Crippen LogP contribution is -2.45. The Balaban J connectivity index is 3.37. The van der Waals surface area contributed by atoms with Crippen LogP contribution in [0.15, 0.2) is 48.6 Å². The normalized spacial score (nSPS) is 12.8. The molecule has 0 aromatic rings. The molecule has 0 aliphatic carbocycles. The number of carbonyl (C=O) groups is 2. The Labute approximate surface area is 480 Å². The van der Waals surface area contributed by atoms with E-state index in [0.29, 0.717) is 25.9 Å². The number of amides is 1. The maximum Gasteiger partial charge on any atom is 0.305 e. The second-order valence-corrected chi connectivity index (χ2v) is 23.5. The van der Waals surface area contributed by atoms with Crippen LogP contribution in [0.5, 0.6) is 0 Å². The molecule has 6 heteroatoms. The number of hydrogen-bond donors (Lipinski definition) is 3. The molecule has 0 rings (SSSR count). The average molecular weight is 1080 g/mol. The molecule has 452 valence electrons. The van der Waals surface area contributed by atoms with E-state index in [1.54, 1.807) is 0 Å². The molecule has 0 radical (unpaired) electrons. The van der Waals surface area contributed by atoms with Crippen LogP contribution in [0.2, 0.25) is 0 Å². The zero-order chi connectivity index (χ0) is 55.7. The summed E-state index contributed by atoms with van der Waals surface area (Å²) >= 11 is 0. The van der Waals surface area contributed by atoms with Gasteiger partial charge in [-0.2, -0.15) is 0 Å². The fourth-order valence-corrected chi connectivity index (χ4v) is 10.6. The topological polar surface area (TPSA) is 95.9 Å². The second-order valence-electron chi connectivity index (χ2n) is 23.5. The van der Waals surface area contributed by atoms with Gasteiger partial charge in [-0.3, -0.25) is 9.59 Å². The van der Waals surface area contributed by atoms with Gasteiger partial charge < -0.3 is 20.3 Å². The van der Waals surface area contributed by atoms with Gasteiger partial charge >= 0.3 is 5.97 Å². The molecule has 0 spiro atoms. The van der Waals surface area contributed by atoms with Crippen LogP contribution in [0.25, 0.3) is 0 Å². The quantitative estimate of drug-likeness (QED) is 0.0320. The first-order valence-electron chi connectivity index (χ1n) is 34.4. The molecule has 0 aliphatic heterocycles. The smallest absolute Gasteiger partial charge is 0.305 e. The molecule has 0 aromatic heterocycles. The summed E-state index contributed by atoms with van der Waals surface area (Å²) in [4.78, 5) is 24.5. The highest BCUT2D eigenvalue weighted by molar-refractivity contribution is 5.76. The van der Waals surface area contributed by atoms with Gasteiger partial charge in [0.05, 0.1) is 25.4 Å². The second kappa shape index (κ2) is 66.3. The van der Waals surface area contributed by atoms with Crippen molar-refractivity contribution in [3.63, 3.8) is 0 Å². The summed E-state index contributed by atoms with van der Waals surface area (Å²) in [6, 6.07) is -0.539. The Hall–Kier alpha value is -2.18. The molecular weight excluding hydrogens is 947 g/mol. The van der Waals surface area contributed by atoms with Crippen molar-refractivity contribution in [2.75, 3.05) is 13.2 Å². The first-order chi connectivity index (χ1) is 38.0. The minimum Gasteiger partial charge on any atom is -0.466 e. The van der Waals surface area contributed by atoms with E-state index < -0.39 is 12.1 Å². The lowest BCUT2D eigenvalue weighted by Gasteiger charge is -2.22. The van der Waals surface area contributed by atoms with E-state index in [-0.39, 0.29) is 18.5 Å². The summed E-state index contributed by atoms with van der Waals surface area (Å²) in [5, 5.41) is 23.2. The van der Waals surface area contributed by atoms with Gasteiger partial charge in [0, 0.05) is 12.8 Å². The summed E-state index contributed by atoms with van der Waals surface area (Å²) in [6.07, 6.45) is 85.9. The third kappa shape index (κ3) is 62.9. The van der Waals surface area contributed by atoms with Crippen LogP contribution in [-0.2, 0) is 14.3 Å². The van der Waals surface area contributed by atoms with Gasteiger partial charge in [0.25, 0.3) is 0 Å². The third-order valence-corrected chi connectivity index (χ3v) is 15.9. The van der Waals surface area contributed by atoms with Crippen LogP contribution in [-0.4, -0.2) is 47.4 Å². The van der Waals surface area contributed by atoms with Gasteiger partial charge in [0.1, 0.15) is 0 Å². The number of aliphatic hydroxyl groups excluding tert-OH is 2. The first kappa shape index (κ1) is 74.8. The van der Waals surface area contributed by atoms with Crippen molar-refractivity contribution in [1.29, 1.82) is 0 Å². The van der Waals surface area contributed by atoms with E-state index in [9.17, 15) is 19.8 Å². The molecule has 77 heavy (non-hydrogen) atoms. The number of hydrogen-bond acceptors (Lipinski definition) is 5. The fraction of sp³-hybridized carbons (Fsp3) is 0.859. The third-order valence-electron chi connectivity index (χ3n) is 15.9. The fourth-order valence-electron chi connectivity index (χ4n) is 10.6. The molecular formula is C71H133NO5. The summed E-state index contributed by atoms with van der Waals surface area (Å²) in [6.45, 7) is 4.93. The van der Waals surface area contributed by atoms with E-state index in [0.717, 1.165) is 57.8 Å². The lowest BCUT2D eigenvalue weighted by molar-refractivity contribution is -0.143. The molecule has 0 saturated heterocycles. The Morgan fingerprint density at radius 1 is 0.364 bits per heavy atom. The Morgan fingerprint density at radius 3 is 1.00 bits per heavy atom. The van der Waals surface area contributed by atoms with Crippen molar-refractivity contribution in [2.24, 2.45) is 0 Å². The van der Waals surface area contributed by atoms with Crippen LogP contribution in [0.1, 0.15) is 367 Å². The standard InChI is InChI=1S/C71H133NO5/c1-3-5-7-9-11-13-15-16-17-38-41-45-49-53-57-61-65-71(76)77-66-62-58-54-50-46-42-39-36-34-32-30-28-26-24-22-20-18-19-21-23-25-27-29-31-33-35-37-40-44-48-52-56-60-64-70(75)72-68(67-73)69(74)63-59-55-51-47-43-14-12-10-8-6-4-2/h13,15,17,22,24,28,30,38,68-69,73-74H,3-12,14,16,18-21,23,25-27,29,31-37,39-67H2,1-2H3,(H,72,75)/b15-13-,24-22-,30-28-,38-17-. The van der Waals surface area contributed by atoms with Crippen molar-refractivity contribution < 1.29 is 24.5 Å². The van der Waals surface area contributed by atoms with Crippen molar-refractivity contribution in [2.45, 2.75) is 379 Å². The molecule has 6 nitrogen and oxygen atoms in total. The molecule has 0 aliphatic rings. The van der Waals surface area contributed by atoms with Crippen molar-refractivity contribution >= 4 is 11.9 Å². The highest BCUT2D eigenvalue weighted by atomic mass is 16.5. The highest BCUT2D eigenvalue weighted by Crippen LogP contribution is 2.18. The van der Waals surface area contributed by atoms with Gasteiger partial charge in [0.2, 0.25) is 5.91 Å². The SMILES string of the molecule is CCCCCC/C=C\C/C=C\CCCCCCCC(=O)OCCCCCCCCCCC/C=C\C/C=C\CCCCCCCCCCCCCCCCCCCC(=O)NC(CO)C(O)CCCCCCCCCCCCC. The molecule has 2 unspecified atom stereocenters. The Morgan fingerprint density at radius 2 is 0.649 bits per heavy atom. The van der Waals surface area contributed by atoms with E-state index in [1.165, 1.54) is 276 Å². The number of ether oxygens (including phenoxy) is 1. The summed E-state index contributed by atoms with van der Waals surface area (Å²) < 4.78 is 5.48. The highest BCUT2D eigenvalue weighted by Gasteiger charge is 2.20. The number of allylic oxidation sites excluding steroid dienone is 8. The molecule has 0 fully saturated rings. The predicted octanol–water partition coefficient (Wildman–Crippen LogP) is 22.1. The maximum absolute atomic E-state index is 12.5. The minimum absolute atomic E-state index is 0.000612. The van der Waals surface area contributed by atoms with Crippen LogP contribution in [0, 0.1) is 0 Å². The van der Waals surface area contributed by atoms with Gasteiger partial charge in [0.15, 0.2) is 0 Å². The van der Waals surface area contributed by atoms with E-state index >= 15 is 0 Å². The lowest BCUT2D eigenvalue weighted by atomic mass is 10.0. The number of nitrogens with one attached hydrogen (secondary N) is 1. The zero-order valence-corrected chi connectivity index (χ0v) is 51.7. The Kier molecular flexibility index (Phi) is 64.5. The summed E-state index contributed by atoms with van der Waals surface area (Å²) in [7, 11) is 0. The molecule has 0 heterocycles. The van der Waals surface area contributed by atoms with E-state index in [1.807, 2.05) is 0 Å². The number of esters is 1. The number of aliphatic hydroxyl groups is 2.